The van der Waals surface area contributed by atoms with Crippen LogP contribution < -0.4 is 0 Å². The van der Waals surface area contributed by atoms with E-state index >= 15 is 0 Å². The maximum absolute atomic E-state index is 3.65. The van der Waals surface area contributed by atoms with Gasteiger partial charge in [-0.2, -0.15) is 89.0 Å². The molecule has 322 valence electrons. The quantitative estimate of drug-likeness (QED) is 0.147. The van der Waals surface area contributed by atoms with E-state index in [1.165, 1.54) is 103 Å². The van der Waals surface area contributed by atoms with E-state index < -0.39 is 0 Å². The average Bonchev–Trinajstić information content (AvgIpc) is 3.90. The first-order chi connectivity index (χ1) is 26.9. The molecule has 0 aromatic heterocycles. The van der Waals surface area contributed by atoms with Crippen LogP contribution in [-0.4, -0.2) is 4.21 Å². The third-order valence-electron chi connectivity index (χ3n) is 11.7. The van der Waals surface area contributed by atoms with Crippen molar-refractivity contribution >= 4 is 40.2 Å². The summed E-state index contributed by atoms with van der Waals surface area (Å²) in [7, 11) is 0. The van der Waals surface area contributed by atoms with Crippen LogP contribution in [0.15, 0.2) is 96.6 Å². The predicted molar refractivity (Wildman–Crippen MR) is 265 cm³/mol. The van der Waals surface area contributed by atoms with Gasteiger partial charge in [0.2, 0.25) is 0 Å². The Bertz CT molecular complexity index is 2040. The van der Waals surface area contributed by atoms with E-state index in [0.29, 0.717) is 11.3 Å². The molecule has 4 aromatic rings. The van der Waals surface area contributed by atoms with Gasteiger partial charge >= 0.3 is 28.4 Å². The molecule has 0 radical (unpaired) electrons. The topological polar surface area (TPSA) is 0 Å². The van der Waals surface area contributed by atoms with Crippen molar-refractivity contribution < 1.29 is 24.2 Å². The van der Waals surface area contributed by atoms with Crippen molar-refractivity contribution in [3.8, 4) is 11.1 Å². The molecule has 0 aliphatic heterocycles. The first kappa shape index (κ1) is 53.3. The second-order valence-corrected chi connectivity index (χ2v) is 20.5. The fraction of sp³-hybridized carbons (Fsp3) is 0.421. The summed E-state index contributed by atoms with van der Waals surface area (Å²) in [5.74, 6) is 0.573. The van der Waals surface area contributed by atoms with E-state index in [9.17, 15) is 0 Å². The van der Waals surface area contributed by atoms with E-state index in [2.05, 4.69) is 206 Å². The van der Waals surface area contributed by atoms with Crippen LogP contribution >= 0.6 is 24.8 Å². The van der Waals surface area contributed by atoms with Gasteiger partial charge in [-0.25, -0.2) is 11.6 Å². The molecule has 0 heterocycles. The van der Waals surface area contributed by atoms with Gasteiger partial charge in [-0.15, -0.1) is 36.4 Å². The summed E-state index contributed by atoms with van der Waals surface area (Å²) < 4.78 is 3.34. The molecule has 0 nitrogen and oxygen atoms in total. The Balaban J connectivity index is 0.000000299. The molecule has 1 atom stereocenters. The zero-order valence-electron chi connectivity index (χ0n) is 39.7. The molecule has 8 rings (SSSR count). The van der Waals surface area contributed by atoms with Crippen LogP contribution in [0.2, 0.25) is 0 Å². The fourth-order valence-electron chi connectivity index (χ4n) is 8.26. The summed E-state index contributed by atoms with van der Waals surface area (Å²) in [6, 6.07) is 32.1. The van der Waals surface area contributed by atoms with Crippen molar-refractivity contribution in [1.29, 1.82) is 0 Å². The predicted octanol–water partition coefficient (Wildman–Crippen LogP) is 16.2. The third kappa shape index (κ3) is 12.9. The van der Waals surface area contributed by atoms with Crippen LogP contribution in [0.4, 0.5) is 0 Å². The monoisotopic (exact) mass is 916 g/mol. The number of hydrogen-bond donors (Lipinski definition) is 0. The number of allylic oxidation sites excluding steroid dienone is 8. The SMILES string of the molecule is CC(C)(C)c1cc[c-]cc1.CC(C)(C)c1cc[c-]cc1.CC1=[C-]C(C)(C)c2cc3c(cc21)-c1cc2c(cc1C3)C(C)(C)C=C2C.CCC1[C-]=CC(C(C)(C)C)=C1.Cl.Cl.[CH2]=[Zr]. The number of benzene rings is 4. The number of hydrogen-bond acceptors (Lipinski definition) is 0. The van der Waals surface area contributed by atoms with Crippen LogP contribution in [-0.2, 0) is 52.3 Å². The van der Waals surface area contributed by atoms with Crippen LogP contribution in [0.3, 0.4) is 0 Å². The Morgan fingerprint density at radius 1 is 0.650 bits per heavy atom. The molecule has 1 unspecified atom stereocenters. The summed E-state index contributed by atoms with van der Waals surface area (Å²) in [6.45, 7) is 35.9. The zero-order chi connectivity index (χ0) is 43.4. The van der Waals surface area contributed by atoms with Gasteiger partial charge in [0, 0.05) is 5.41 Å². The van der Waals surface area contributed by atoms with Crippen molar-refractivity contribution in [2.75, 3.05) is 0 Å². The molecule has 4 aliphatic carbocycles. The van der Waals surface area contributed by atoms with E-state index in [4.69, 9.17) is 0 Å². The van der Waals surface area contributed by atoms with E-state index in [1.807, 2.05) is 24.3 Å². The maximum atomic E-state index is 3.65. The van der Waals surface area contributed by atoms with Crippen LogP contribution in [0.1, 0.15) is 162 Å². The van der Waals surface area contributed by atoms with Gasteiger partial charge in [0.15, 0.2) is 0 Å². The van der Waals surface area contributed by atoms with E-state index in [1.54, 1.807) is 0 Å². The molecule has 4 aliphatic rings. The molecule has 60 heavy (non-hydrogen) atoms. The van der Waals surface area contributed by atoms with Gasteiger partial charge in [-0.05, 0) is 69.2 Å². The second kappa shape index (κ2) is 21.0. The van der Waals surface area contributed by atoms with Crippen LogP contribution in [0.5, 0.6) is 0 Å². The first-order valence-electron chi connectivity index (χ1n) is 21.2. The Kier molecular flexibility index (Phi) is 18.7. The van der Waals surface area contributed by atoms with E-state index in [-0.39, 0.29) is 46.5 Å². The minimum absolute atomic E-state index is 0. The van der Waals surface area contributed by atoms with Gasteiger partial charge < -0.3 is 0 Å². The van der Waals surface area contributed by atoms with Gasteiger partial charge in [-0.3, -0.25) is 12.2 Å². The number of halogens is 2. The Hall–Kier alpha value is -2.83. The van der Waals surface area contributed by atoms with Gasteiger partial charge in [-0.1, -0.05) is 145 Å². The summed E-state index contributed by atoms with van der Waals surface area (Å²) in [5.41, 5.74) is 19.6. The summed E-state index contributed by atoms with van der Waals surface area (Å²) in [4.78, 5) is 0. The van der Waals surface area contributed by atoms with Gasteiger partial charge in [0.05, 0.1) is 0 Å². The number of rotatable bonds is 1. The Labute approximate surface area is 394 Å². The average molecular weight is 919 g/mol. The van der Waals surface area contributed by atoms with Crippen molar-refractivity contribution in [3.63, 3.8) is 0 Å². The molecule has 3 heteroatoms. The van der Waals surface area contributed by atoms with Gasteiger partial charge in [0.1, 0.15) is 0 Å². The Morgan fingerprint density at radius 3 is 1.48 bits per heavy atom. The van der Waals surface area contributed by atoms with Crippen molar-refractivity contribution in [1.82, 2.24) is 0 Å². The molecule has 0 saturated carbocycles. The van der Waals surface area contributed by atoms with Crippen molar-refractivity contribution in [2.24, 2.45) is 11.3 Å². The molecule has 0 spiro atoms. The van der Waals surface area contributed by atoms with Crippen molar-refractivity contribution in [2.45, 2.75) is 145 Å². The fourth-order valence-corrected chi connectivity index (χ4v) is 8.26. The minimum atomic E-state index is 0. The molecule has 0 N–H and O–H groups in total. The second-order valence-electron chi connectivity index (χ2n) is 20.5. The zero-order valence-corrected chi connectivity index (χ0v) is 43.8. The molecule has 0 bridgehead atoms. The molecule has 0 fully saturated rings. The number of fused-ring (bicyclic) bond motifs is 5. The summed E-state index contributed by atoms with van der Waals surface area (Å²) >= 11 is 1.30. The summed E-state index contributed by atoms with van der Waals surface area (Å²) in [6.07, 6.45) is 16.1. The molecule has 0 amide bonds. The standard InChI is InChI=1S/C25H25.C11H17.2C10H13.CH2.2ClH.Zr/c1-14-12-24(3,4)22-8-16-7-17-9-23-19(15(2)13-25(23,5)6)11-21(17)20(16)10-18(14)22;1-5-9-6-7-10(8-9)11(2,3)4;2*1-10(2,3)9-7-5-4-6-8-9;;;;/h8-12H,7H2,1-6H3;7-9H,5H2,1-4H3;2*5-8H,1-3H3;1H2;2*1H;/q4*-1;;;;. The molecule has 4 aromatic carbocycles. The normalized spacial score (nSPS) is 16.9. The van der Waals surface area contributed by atoms with E-state index in [0.717, 1.165) is 6.42 Å². The summed E-state index contributed by atoms with van der Waals surface area (Å²) in [5, 5.41) is 0. The molecular weight excluding hydrogens is 847 g/mol. The van der Waals surface area contributed by atoms with Gasteiger partial charge in [0.25, 0.3) is 0 Å². The molecular formula is C57H72Cl2Zr-4. The van der Waals surface area contributed by atoms with Crippen LogP contribution in [0, 0.1) is 35.6 Å². The Morgan fingerprint density at radius 2 is 1.10 bits per heavy atom. The van der Waals surface area contributed by atoms with Crippen molar-refractivity contribution in [3.05, 3.63) is 165 Å². The van der Waals surface area contributed by atoms with Crippen LogP contribution in [0.25, 0.3) is 22.3 Å². The first-order valence-corrected chi connectivity index (χ1v) is 22.9. The molecule has 0 saturated heterocycles. The third-order valence-corrected chi connectivity index (χ3v) is 11.7.